The molecule has 0 heterocycles. The number of benzene rings is 1. The maximum Gasteiger partial charge on any atom is 0.303 e. The normalized spacial score (nSPS) is 11.7. The van der Waals surface area contributed by atoms with Crippen LogP contribution in [0.5, 0.6) is 0 Å². The molecule has 1 aromatic rings. The summed E-state index contributed by atoms with van der Waals surface area (Å²) in [5, 5.41) is 8.94. The molecule has 0 spiro atoms. The monoisotopic (exact) mass is 262 g/mol. The number of carbonyl (C=O) groups is 1. The molecule has 19 heavy (non-hydrogen) atoms. The molecule has 1 rings (SSSR count). The average Bonchev–Trinajstić information content (AvgIpc) is 2.24. The van der Waals surface area contributed by atoms with E-state index >= 15 is 0 Å². The standard InChI is InChI=1S/C17H26O2/c1-11-9-12(2)14(4)15(13(11)3)7-8-17(5,6)10-16(18)19/h9H,7-8,10H2,1-6H3,(H,18,19). The van der Waals surface area contributed by atoms with Crippen LogP contribution < -0.4 is 0 Å². The van der Waals surface area contributed by atoms with Crippen molar-refractivity contribution >= 4 is 5.97 Å². The van der Waals surface area contributed by atoms with Gasteiger partial charge < -0.3 is 5.11 Å². The number of carboxylic acids is 1. The summed E-state index contributed by atoms with van der Waals surface area (Å²) in [5.74, 6) is -0.709. The smallest absolute Gasteiger partial charge is 0.303 e. The fourth-order valence-electron chi connectivity index (χ4n) is 2.63. The van der Waals surface area contributed by atoms with Crippen LogP contribution in [0.3, 0.4) is 0 Å². The van der Waals surface area contributed by atoms with Gasteiger partial charge in [0.25, 0.3) is 0 Å². The fraction of sp³-hybridized carbons (Fsp3) is 0.588. The highest BCUT2D eigenvalue weighted by Gasteiger charge is 2.22. The van der Waals surface area contributed by atoms with Crippen LogP contribution in [0.25, 0.3) is 0 Å². The first-order valence-corrected chi connectivity index (χ1v) is 6.92. The number of hydrogen-bond acceptors (Lipinski definition) is 1. The van der Waals surface area contributed by atoms with E-state index in [2.05, 4.69) is 33.8 Å². The van der Waals surface area contributed by atoms with Crippen LogP contribution in [0.1, 0.15) is 54.5 Å². The topological polar surface area (TPSA) is 37.3 Å². The maximum absolute atomic E-state index is 10.9. The highest BCUT2D eigenvalue weighted by atomic mass is 16.4. The Labute approximate surface area is 116 Å². The zero-order chi connectivity index (χ0) is 14.8. The minimum atomic E-state index is -0.709. The van der Waals surface area contributed by atoms with Crippen molar-refractivity contribution in [1.82, 2.24) is 0 Å². The largest absolute Gasteiger partial charge is 0.481 e. The van der Waals surface area contributed by atoms with E-state index < -0.39 is 5.97 Å². The van der Waals surface area contributed by atoms with Crippen LogP contribution >= 0.6 is 0 Å². The quantitative estimate of drug-likeness (QED) is 0.856. The van der Waals surface area contributed by atoms with Crippen molar-refractivity contribution in [3.63, 3.8) is 0 Å². The maximum atomic E-state index is 10.9. The van der Waals surface area contributed by atoms with Crippen LogP contribution in [0.4, 0.5) is 0 Å². The molecule has 0 aliphatic carbocycles. The van der Waals surface area contributed by atoms with E-state index in [1.54, 1.807) is 0 Å². The molecule has 0 aliphatic heterocycles. The summed E-state index contributed by atoms with van der Waals surface area (Å²) in [5.41, 5.74) is 6.62. The van der Waals surface area contributed by atoms with Crippen molar-refractivity contribution in [2.75, 3.05) is 0 Å². The summed E-state index contributed by atoms with van der Waals surface area (Å²) in [6.45, 7) is 12.7. The van der Waals surface area contributed by atoms with E-state index in [1.165, 1.54) is 27.8 Å². The lowest BCUT2D eigenvalue weighted by molar-refractivity contribution is -0.139. The summed E-state index contributed by atoms with van der Waals surface area (Å²) < 4.78 is 0. The van der Waals surface area contributed by atoms with E-state index in [0.29, 0.717) is 0 Å². The molecular formula is C17H26O2. The van der Waals surface area contributed by atoms with E-state index in [4.69, 9.17) is 5.11 Å². The highest BCUT2D eigenvalue weighted by molar-refractivity contribution is 5.67. The molecule has 0 fully saturated rings. The van der Waals surface area contributed by atoms with Crippen molar-refractivity contribution in [2.45, 2.75) is 60.8 Å². The van der Waals surface area contributed by atoms with Crippen molar-refractivity contribution in [3.8, 4) is 0 Å². The van der Waals surface area contributed by atoms with Gasteiger partial charge in [0.05, 0.1) is 6.42 Å². The van der Waals surface area contributed by atoms with Gasteiger partial charge in [0.2, 0.25) is 0 Å². The lowest BCUT2D eigenvalue weighted by Crippen LogP contribution is -2.18. The lowest BCUT2D eigenvalue weighted by atomic mass is 9.81. The summed E-state index contributed by atoms with van der Waals surface area (Å²) in [4.78, 5) is 10.9. The Kier molecular flexibility index (Phi) is 4.78. The van der Waals surface area contributed by atoms with Gasteiger partial charge in [-0.1, -0.05) is 19.9 Å². The number of carboxylic acid groups (broad SMARTS) is 1. The Morgan fingerprint density at radius 2 is 1.58 bits per heavy atom. The molecule has 0 saturated carbocycles. The highest BCUT2D eigenvalue weighted by Crippen LogP contribution is 2.30. The molecule has 1 aromatic carbocycles. The zero-order valence-electron chi connectivity index (χ0n) is 13.1. The van der Waals surface area contributed by atoms with E-state index in [9.17, 15) is 4.79 Å². The molecule has 0 aliphatic rings. The first kappa shape index (κ1) is 15.7. The summed E-state index contributed by atoms with van der Waals surface area (Å²) in [6, 6.07) is 2.23. The Morgan fingerprint density at radius 3 is 2.00 bits per heavy atom. The Hall–Kier alpha value is -1.31. The minimum Gasteiger partial charge on any atom is -0.481 e. The molecule has 2 nitrogen and oxygen atoms in total. The number of aliphatic carboxylic acids is 1. The number of hydrogen-bond donors (Lipinski definition) is 1. The zero-order valence-corrected chi connectivity index (χ0v) is 13.1. The van der Waals surface area contributed by atoms with Gasteiger partial charge in [-0.3, -0.25) is 4.79 Å². The van der Waals surface area contributed by atoms with Crippen LogP contribution in [0, 0.1) is 33.1 Å². The summed E-state index contributed by atoms with van der Waals surface area (Å²) >= 11 is 0. The van der Waals surface area contributed by atoms with Gasteiger partial charge in [-0.05, 0) is 73.8 Å². The van der Waals surface area contributed by atoms with Gasteiger partial charge in [-0.25, -0.2) is 0 Å². The molecule has 106 valence electrons. The van der Waals surface area contributed by atoms with Crippen molar-refractivity contribution in [3.05, 3.63) is 33.9 Å². The second-order valence-corrected chi connectivity index (χ2v) is 6.47. The molecule has 1 N–H and O–H groups in total. The Morgan fingerprint density at radius 1 is 1.11 bits per heavy atom. The second-order valence-electron chi connectivity index (χ2n) is 6.47. The predicted octanol–water partition coefficient (Wildman–Crippen LogP) is 4.35. The van der Waals surface area contributed by atoms with E-state index in [-0.39, 0.29) is 11.8 Å². The molecule has 0 amide bonds. The fourth-order valence-corrected chi connectivity index (χ4v) is 2.63. The van der Waals surface area contributed by atoms with Gasteiger partial charge in [0, 0.05) is 0 Å². The summed E-state index contributed by atoms with van der Waals surface area (Å²) in [6.07, 6.45) is 2.10. The average molecular weight is 262 g/mol. The molecule has 0 bridgehead atoms. The van der Waals surface area contributed by atoms with Gasteiger partial charge in [0.15, 0.2) is 0 Å². The van der Waals surface area contributed by atoms with Crippen LogP contribution in [0.2, 0.25) is 0 Å². The first-order chi connectivity index (χ1) is 8.64. The van der Waals surface area contributed by atoms with Crippen molar-refractivity contribution in [2.24, 2.45) is 5.41 Å². The number of rotatable bonds is 5. The molecule has 0 atom stereocenters. The molecule has 0 unspecified atom stereocenters. The molecule has 0 radical (unpaired) electrons. The second kappa shape index (κ2) is 5.77. The van der Waals surface area contributed by atoms with E-state index in [1.807, 2.05) is 13.8 Å². The van der Waals surface area contributed by atoms with Crippen molar-refractivity contribution < 1.29 is 9.90 Å². The number of aryl methyl sites for hydroxylation is 2. The molecule has 2 heteroatoms. The Bertz CT molecular complexity index is 458. The molecule has 0 saturated heterocycles. The first-order valence-electron chi connectivity index (χ1n) is 6.92. The van der Waals surface area contributed by atoms with Gasteiger partial charge in [-0.2, -0.15) is 0 Å². The van der Waals surface area contributed by atoms with Gasteiger partial charge in [0.1, 0.15) is 0 Å². The predicted molar refractivity (Wildman–Crippen MR) is 79.7 cm³/mol. The van der Waals surface area contributed by atoms with Gasteiger partial charge in [-0.15, -0.1) is 0 Å². The SMILES string of the molecule is Cc1cc(C)c(C)c(CCC(C)(C)CC(=O)O)c1C. The summed E-state index contributed by atoms with van der Waals surface area (Å²) in [7, 11) is 0. The lowest BCUT2D eigenvalue weighted by Gasteiger charge is -2.24. The van der Waals surface area contributed by atoms with Crippen LogP contribution in [0.15, 0.2) is 6.07 Å². The third-order valence-corrected chi connectivity index (χ3v) is 4.20. The minimum absolute atomic E-state index is 0.150. The van der Waals surface area contributed by atoms with Crippen molar-refractivity contribution in [1.29, 1.82) is 0 Å². The van der Waals surface area contributed by atoms with Gasteiger partial charge >= 0.3 is 5.97 Å². The van der Waals surface area contributed by atoms with Crippen LogP contribution in [-0.2, 0) is 11.2 Å². The molecular weight excluding hydrogens is 236 g/mol. The molecule has 0 aromatic heterocycles. The van der Waals surface area contributed by atoms with Crippen LogP contribution in [-0.4, -0.2) is 11.1 Å². The third kappa shape index (κ3) is 4.09. The third-order valence-electron chi connectivity index (χ3n) is 4.20. The Balaban J connectivity index is 2.92. The van der Waals surface area contributed by atoms with E-state index in [0.717, 1.165) is 12.8 Å².